The van der Waals surface area contributed by atoms with Crippen LogP contribution in [-0.2, 0) is 11.3 Å². The van der Waals surface area contributed by atoms with E-state index >= 15 is 0 Å². The van der Waals surface area contributed by atoms with E-state index in [1.165, 1.54) is 0 Å². The van der Waals surface area contributed by atoms with Gasteiger partial charge in [0.15, 0.2) is 11.5 Å². The van der Waals surface area contributed by atoms with Crippen LogP contribution in [0, 0.1) is 5.92 Å². The maximum absolute atomic E-state index is 12.1. The number of benzene rings is 1. The molecule has 19 heavy (non-hydrogen) atoms. The third kappa shape index (κ3) is 2.38. The molecule has 5 nitrogen and oxygen atoms in total. The highest BCUT2D eigenvalue weighted by Gasteiger charge is 2.33. The molecule has 0 aromatic heterocycles. The normalized spacial score (nSPS) is 23.9. The summed E-state index contributed by atoms with van der Waals surface area (Å²) >= 11 is 0. The molecule has 1 aromatic rings. The zero-order valence-corrected chi connectivity index (χ0v) is 11.0. The van der Waals surface area contributed by atoms with Gasteiger partial charge in [0.2, 0.25) is 12.7 Å². The zero-order chi connectivity index (χ0) is 13.4. The maximum atomic E-state index is 12.1. The number of fused-ring (bicyclic) bond motifs is 1. The molecule has 3 rings (SSSR count). The Bertz CT molecular complexity index is 497. The molecular weight excluding hydrogens is 244 g/mol. The lowest BCUT2D eigenvalue weighted by Gasteiger charge is -2.34. The van der Waals surface area contributed by atoms with E-state index in [2.05, 4.69) is 0 Å². The van der Waals surface area contributed by atoms with Gasteiger partial charge in [-0.1, -0.05) is 6.07 Å². The molecule has 1 saturated carbocycles. The fraction of sp³-hybridized carbons (Fsp3) is 0.500. The van der Waals surface area contributed by atoms with Crippen LogP contribution in [0.4, 0.5) is 0 Å². The van der Waals surface area contributed by atoms with Crippen LogP contribution in [0.2, 0.25) is 0 Å². The smallest absolute Gasteiger partial charge is 0.231 e. The van der Waals surface area contributed by atoms with Crippen LogP contribution in [0.1, 0.15) is 18.4 Å². The van der Waals surface area contributed by atoms with Crippen LogP contribution in [0.15, 0.2) is 18.2 Å². The number of hydrogen-bond donors (Lipinski definition) is 1. The fourth-order valence-corrected chi connectivity index (χ4v) is 2.57. The highest BCUT2D eigenvalue weighted by atomic mass is 16.7. The predicted molar refractivity (Wildman–Crippen MR) is 69.7 cm³/mol. The maximum Gasteiger partial charge on any atom is 0.231 e. The average molecular weight is 262 g/mol. The second kappa shape index (κ2) is 4.74. The molecule has 1 aliphatic carbocycles. The van der Waals surface area contributed by atoms with Gasteiger partial charge < -0.3 is 20.1 Å². The summed E-state index contributed by atoms with van der Waals surface area (Å²) in [6.45, 7) is 0.856. The average Bonchev–Trinajstić information content (AvgIpc) is 2.81. The van der Waals surface area contributed by atoms with Crippen LogP contribution >= 0.6 is 0 Å². The molecule has 0 atom stereocenters. The summed E-state index contributed by atoms with van der Waals surface area (Å²) in [4.78, 5) is 13.9. The molecule has 5 heteroatoms. The highest BCUT2D eigenvalue weighted by molar-refractivity contribution is 5.79. The Balaban J connectivity index is 1.63. The van der Waals surface area contributed by atoms with Crippen molar-refractivity contribution in [2.24, 2.45) is 11.7 Å². The van der Waals surface area contributed by atoms with E-state index in [1.807, 2.05) is 25.2 Å². The number of ether oxygens (including phenoxy) is 2. The summed E-state index contributed by atoms with van der Waals surface area (Å²) in [5.41, 5.74) is 6.76. The van der Waals surface area contributed by atoms with Gasteiger partial charge in [-0.15, -0.1) is 0 Å². The van der Waals surface area contributed by atoms with Gasteiger partial charge in [0.05, 0.1) is 0 Å². The molecule has 0 spiro atoms. The zero-order valence-electron chi connectivity index (χ0n) is 11.0. The van der Waals surface area contributed by atoms with Crippen molar-refractivity contribution in [3.63, 3.8) is 0 Å². The summed E-state index contributed by atoms with van der Waals surface area (Å²) < 4.78 is 10.6. The minimum atomic E-state index is 0.106. The van der Waals surface area contributed by atoms with Crippen molar-refractivity contribution in [1.29, 1.82) is 0 Å². The summed E-state index contributed by atoms with van der Waals surface area (Å²) in [6.07, 6.45) is 1.62. The Morgan fingerprint density at radius 2 is 2.11 bits per heavy atom. The molecule has 0 bridgehead atoms. The van der Waals surface area contributed by atoms with E-state index in [-0.39, 0.29) is 24.7 Å². The van der Waals surface area contributed by atoms with E-state index < -0.39 is 0 Å². The van der Waals surface area contributed by atoms with E-state index in [9.17, 15) is 4.79 Å². The van der Waals surface area contributed by atoms with Crippen LogP contribution in [-0.4, -0.2) is 30.7 Å². The highest BCUT2D eigenvalue weighted by Crippen LogP contribution is 2.33. The molecule has 1 fully saturated rings. The number of nitrogens with two attached hydrogens (primary N) is 1. The lowest BCUT2D eigenvalue weighted by atomic mass is 9.80. The third-order valence-corrected chi connectivity index (χ3v) is 3.76. The largest absolute Gasteiger partial charge is 0.454 e. The monoisotopic (exact) mass is 262 g/mol. The standard InChI is InChI=1S/C14H18N2O3/c1-16(14(17)10-5-11(15)6-10)7-9-2-3-12-13(4-9)19-8-18-12/h2-4,10-11H,5-8,15H2,1H3. The minimum Gasteiger partial charge on any atom is -0.454 e. The summed E-state index contributed by atoms with van der Waals surface area (Å²) in [7, 11) is 1.83. The Labute approximate surface area is 112 Å². The van der Waals surface area contributed by atoms with Gasteiger partial charge in [-0.25, -0.2) is 0 Å². The van der Waals surface area contributed by atoms with Crippen molar-refractivity contribution >= 4 is 5.91 Å². The fourth-order valence-electron chi connectivity index (χ4n) is 2.57. The van der Waals surface area contributed by atoms with Crippen molar-refractivity contribution in [2.45, 2.75) is 25.4 Å². The molecule has 102 valence electrons. The molecule has 1 aromatic carbocycles. The van der Waals surface area contributed by atoms with Gasteiger partial charge in [-0.05, 0) is 30.5 Å². The van der Waals surface area contributed by atoms with E-state index in [1.54, 1.807) is 4.90 Å². The molecule has 1 heterocycles. The number of carbonyl (C=O) groups excluding carboxylic acids is 1. The van der Waals surface area contributed by atoms with Crippen LogP contribution in [0.5, 0.6) is 11.5 Å². The number of nitrogens with zero attached hydrogens (tertiary/aromatic N) is 1. The van der Waals surface area contributed by atoms with Crippen LogP contribution in [0.25, 0.3) is 0 Å². The first-order valence-electron chi connectivity index (χ1n) is 6.52. The van der Waals surface area contributed by atoms with E-state index in [4.69, 9.17) is 15.2 Å². The summed E-state index contributed by atoms with van der Waals surface area (Å²) in [6, 6.07) is 5.98. The molecular formula is C14H18N2O3. The molecule has 1 amide bonds. The van der Waals surface area contributed by atoms with Crippen molar-refractivity contribution in [3.8, 4) is 11.5 Å². The quantitative estimate of drug-likeness (QED) is 0.886. The van der Waals surface area contributed by atoms with E-state index in [0.29, 0.717) is 6.54 Å². The first kappa shape index (κ1) is 12.3. The molecule has 1 aliphatic heterocycles. The number of hydrogen-bond acceptors (Lipinski definition) is 4. The van der Waals surface area contributed by atoms with Crippen LogP contribution < -0.4 is 15.2 Å². The Morgan fingerprint density at radius 3 is 2.84 bits per heavy atom. The first-order chi connectivity index (χ1) is 9.13. The van der Waals surface area contributed by atoms with Crippen LogP contribution in [0.3, 0.4) is 0 Å². The molecule has 0 unspecified atom stereocenters. The number of rotatable bonds is 3. The first-order valence-corrected chi connectivity index (χ1v) is 6.52. The Morgan fingerprint density at radius 1 is 1.37 bits per heavy atom. The van der Waals surface area contributed by atoms with Crippen molar-refractivity contribution in [1.82, 2.24) is 4.90 Å². The van der Waals surface area contributed by atoms with Crippen molar-refractivity contribution in [2.75, 3.05) is 13.8 Å². The summed E-state index contributed by atoms with van der Waals surface area (Å²) in [5, 5.41) is 0. The van der Waals surface area contributed by atoms with Gasteiger partial charge in [0, 0.05) is 25.6 Å². The molecule has 0 radical (unpaired) electrons. The minimum absolute atomic E-state index is 0.106. The molecule has 0 saturated heterocycles. The van der Waals surface area contributed by atoms with Gasteiger partial charge in [0.1, 0.15) is 0 Å². The van der Waals surface area contributed by atoms with Gasteiger partial charge in [-0.3, -0.25) is 4.79 Å². The second-order valence-corrected chi connectivity index (χ2v) is 5.31. The van der Waals surface area contributed by atoms with Gasteiger partial charge in [0.25, 0.3) is 0 Å². The summed E-state index contributed by atoms with van der Waals surface area (Å²) in [5.74, 6) is 1.81. The van der Waals surface area contributed by atoms with Crippen molar-refractivity contribution in [3.05, 3.63) is 23.8 Å². The topological polar surface area (TPSA) is 64.8 Å². The lowest BCUT2D eigenvalue weighted by molar-refractivity contribution is -0.137. The lowest BCUT2D eigenvalue weighted by Crippen LogP contribution is -2.45. The van der Waals surface area contributed by atoms with E-state index in [0.717, 1.165) is 29.9 Å². The van der Waals surface area contributed by atoms with Crippen molar-refractivity contribution < 1.29 is 14.3 Å². The number of amides is 1. The SMILES string of the molecule is CN(Cc1ccc2c(c1)OCO2)C(=O)C1CC(N)C1. The Hall–Kier alpha value is -1.75. The molecule has 2 N–H and O–H groups in total. The van der Waals surface area contributed by atoms with Gasteiger partial charge >= 0.3 is 0 Å². The third-order valence-electron chi connectivity index (χ3n) is 3.76. The number of carbonyl (C=O) groups is 1. The predicted octanol–water partition coefficient (Wildman–Crippen LogP) is 1.11. The second-order valence-electron chi connectivity index (χ2n) is 5.31. The molecule has 2 aliphatic rings. The van der Waals surface area contributed by atoms with Gasteiger partial charge in [-0.2, -0.15) is 0 Å². The Kier molecular flexibility index (Phi) is 3.06.